The lowest BCUT2D eigenvalue weighted by Crippen LogP contribution is -2.48. The number of carbonyl (C=O) groups is 1. The molecule has 180 valence electrons. The van der Waals surface area contributed by atoms with Gasteiger partial charge in [-0.15, -0.1) is 0 Å². The number of hydrogen-bond acceptors (Lipinski definition) is 4. The monoisotopic (exact) mass is 475 g/mol. The van der Waals surface area contributed by atoms with E-state index >= 15 is 0 Å². The summed E-state index contributed by atoms with van der Waals surface area (Å²) in [5.41, 5.74) is -2.75. The van der Waals surface area contributed by atoms with Crippen molar-refractivity contribution in [3.8, 4) is 5.75 Å². The number of nitrogens with zero attached hydrogens (tertiary/aromatic N) is 2. The van der Waals surface area contributed by atoms with Crippen LogP contribution in [0.15, 0.2) is 42.5 Å². The van der Waals surface area contributed by atoms with Crippen LogP contribution in [0.4, 0.5) is 32.0 Å². The first-order chi connectivity index (χ1) is 15.5. The van der Waals surface area contributed by atoms with E-state index in [0.717, 1.165) is 11.4 Å². The van der Waals surface area contributed by atoms with Crippen LogP contribution in [0.5, 0.6) is 5.75 Å². The van der Waals surface area contributed by atoms with E-state index in [0.29, 0.717) is 44.9 Å². The molecule has 3 rings (SSSR count). The lowest BCUT2D eigenvalue weighted by atomic mass is 10.0. The second-order valence-corrected chi connectivity index (χ2v) is 7.55. The van der Waals surface area contributed by atoms with Gasteiger partial charge in [0.25, 0.3) is 5.91 Å². The number of rotatable bonds is 6. The quantitative estimate of drug-likeness (QED) is 0.634. The number of piperazine rings is 1. The first kappa shape index (κ1) is 24.7. The maximum absolute atomic E-state index is 13.0. The molecule has 2 aromatic carbocycles. The molecule has 0 atom stereocenters. The molecule has 11 heteroatoms. The Balaban J connectivity index is 1.56. The highest BCUT2D eigenvalue weighted by atomic mass is 19.4. The van der Waals surface area contributed by atoms with Crippen LogP contribution in [0.1, 0.15) is 21.5 Å². The van der Waals surface area contributed by atoms with Gasteiger partial charge in [-0.25, -0.2) is 0 Å². The van der Waals surface area contributed by atoms with Crippen LogP contribution < -0.4 is 15.0 Å². The van der Waals surface area contributed by atoms with Gasteiger partial charge < -0.3 is 15.0 Å². The molecule has 0 bridgehead atoms. The molecule has 1 saturated heterocycles. The number of para-hydroxylation sites is 2. The molecule has 0 radical (unpaired) electrons. The molecule has 33 heavy (non-hydrogen) atoms. The van der Waals surface area contributed by atoms with Crippen molar-refractivity contribution < 1.29 is 35.9 Å². The van der Waals surface area contributed by atoms with Gasteiger partial charge in [0, 0.05) is 44.8 Å². The first-order valence-corrected chi connectivity index (χ1v) is 10.2. The maximum Gasteiger partial charge on any atom is 0.416 e. The number of alkyl halides is 6. The molecular formula is C22H23F6N3O2. The topological polar surface area (TPSA) is 44.8 Å². The Hall–Kier alpha value is -2.95. The van der Waals surface area contributed by atoms with Crippen molar-refractivity contribution in [2.75, 3.05) is 51.3 Å². The summed E-state index contributed by atoms with van der Waals surface area (Å²) in [7, 11) is 1.60. The fourth-order valence-corrected chi connectivity index (χ4v) is 3.62. The van der Waals surface area contributed by atoms with Crippen LogP contribution in [0, 0.1) is 0 Å². The predicted molar refractivity (Wildman–Crippen MR) is 110 cm³/mol. The van der Waals surface area contributed by atoms with E-state index in [4.69, 9.17) is 4.74 Å². The summed E-state index contributed by atoms with van der Waals surface area (Å²) in [6, 6.07) is 8.47. The van der Waals surface area contributed by atoms with Gasteiger partial charge >= 0.3 is 12.4 Å². The van der Waals surface area contributed by atoms with Gasteiger partial charge in [0.15, 0.2) is 0 Å². The lowest BCUT2D eigenvalue weighted by molar-refractivity contribution is -0.143. The third-order valence-electron chi connectivity index (χ3n) is 5.36. The number of carbonyl (C=O) groups excluding carboxylic acids is 1. The summed E-state index contributed by atoms with van der Waals surface area (Å²) in [5, 5.41) is 2.42. The summed E-state index contributed by atoms with van der Waals surface area (Å²) in [6.45, 7) is 3.26. The van der Waals surface area contributed by atoms with E-state index in [1.807, 2.05) is 24.3 Å². The molecule has 1 aliphatic heterocycles. The molecule has 5 nitrogen and oxygen atoms in total. The smallest absolute Gasteiger partial charge is 0.416 e. The summed E-state index contributed by atoms with van der Waals surface area (Å²) in [5.74, 6) is -0.225. The number of methoxy groups -OCH3 is 1. The van der Waals surface area contributed by atoms with E-state index in [-0.39, 0.29) is 12.6 Å². The van der Waals surface area contributed by atoms with E-state index < -0.39 is 35.0 Å². The highest BCUT2D eigenvalue weighted by molar-refractivity contribution is 5.94. The molecule has 0 saturated carbocycles. The number of benzene rings is 2. The highest BCUT2D eigenvalue weighted by Crippen LogP contribution is 2.36. The van der Waals surface area contributed by atoms with Crippen LogP contribution in [-0.2, 0) is 12.4 Å². The van der Waals surface area contributed by atoms with E-state index in [2.05, 4.69) is 15.1 Å². The number of nitrogens with one attached hydrogen (secondary N) is 1. The van der Waals surface area contributed by atoms with Gasteiger partial charge in [0.05, 0.1) is 23.9 Å². The van der Waals surface area contributed by atoms with E-state index in [1.54, 1.807) is 7.11 Å². The standard InChI is InChI=1S/C22H23F6N3O2/c1-33-19-5-3-2-4-18(19)31-10-8-30(9-11-31)7-6-29-20(32)15-12-16(21(23,24)25)14-17(13-15)22(26,27)28/h2-5,12-14H,6-11H2,1H3,(H,29,32). The Morgan fingerprint density at radius 3 is 2.06 bits per heavy atom. The molecule has 2 aromatic rings. The molecule has 0 unspecified atom stereocenters. The zero-order valence-electron chi connectivity index (χ0n) is 17.8. The van der Waals surface area contributed by atoms with Crippen molar-refractivity contribution >= 4 is 11.6 Å². The molecule has 0 spiro atoms. The fraction of sp³-hybridized carbons (Fsp3) is 0.409. The van der Waals surface area contributed by atoms with Crippen LogP contribution in [0.25, 0.3) is 0 Å². The second kappa shape index (κ2) is 9.90. The molecule has 1 N–H and O–H groups in total. The molecule has 1 amide bonds. The zero-order chi connectivity index (χ0) is 24.2. The Bertz CT molecular complexity index is 937. The minimum atomic E-state index is -5.00. The largest absolute Gasteiger partial charge is 0.495 e. The highest BCUT2D eigenvalue weighted by Gasteiger charge is 2.37. The summed E-state index contributed by atoms with van der Waals surface area (Å²) in [4.78, 5) is 16.5. The molecule has 0 aliphatic carbocycles. The van der Waals surface area contributed by atoms with Crippen molar-refractivity contribution in [3.05, 3.63) is 59.2 Å². The number of ether oxygens (including phenoxy) is 1. The van der Waals surface area contributed by atoms with Gasteiger partial charge in [-0.05, 0) is 30.3 Å². The third kappa shape index (κ3) is 6.31. The van der Waals surface area contributed by atoms with Gasteiger partial charge in [0.2, 0.25) is 0 Å². The number of hydrogen-bond donors (Lipinski definition) is 1. The normalized spacial score (nSPS) is 15.4. The minimum absolute atomic E-state index is 0.00199. The Kier molecular flexibility index (Phi) is 7.41. The predicted octanol–water partition coefficient (Wildman–Crippen LogP) is 4.28. The fourth-order valence-electron chi connectivity index (χ4n) is 3.62. The van der Waals surface area contributed by atoms with Crippen molar-refractivity contribution in [3.63, 3.8) is 0 Å². The minimum Gasteiger partial charge on any atom is -0.495 e. The van der Waals surface area contributed by atoms with Crippen LogP contribution in [-0.4, -0.2) is 57.2 Å². The molecule has 0 aromatic heterocycles. The van der Waals surface area contributed by atoms with Crippen molar-refractivity contribution in [2.45, 2.75) is 12.4 Å². The lowest BCUT2D eigenvalue weighted by Gasteiger charge is -2.36. The van der Waals surface area contributed by atoms with E-state index in [1.165, 1.54) is 0 Å². The van der Waals surface area contributed by atoms with Crippen molar-refractivity contribution in [2.24, 2.45) is 0 Å². The zero-order valence-corrected chi connectivity index (χ0v) is 17.8. The van der Waals surface area contributed by atoms with Crippen LogP contribution in [0.2, 0.25) is 0 Å². The summed E-state index contributed by atoms with van der Waals surface area (Å²) in [6.07, 6.45) is -10.0. The molecule has 1 fully saturated rings. The Labute approximate surface area is 186 Å². The van der Waals surface area contributed by atoms with Crippen molar-refractivity contribution in [1.29, 1.82) is 0 Å². The SMILES string of the molecule is COc1ccccc1N1CCN(CCNC(=O)c2cc(C(F)(F)F)cc(C(F)(F)F)c2)CC1. The van der Waals surface area contributed by atoms with Crippen molar-refractivity contribution in [1.82, 2.24) is 10.2 Å². The molecule has 1 heterocycles. The number of amides is 1. The average Bonchev–Trinajstić information content (AvgIpc) is 2.78. The van der Waals surface area contributed by atoms with Gasteiger partial charge in [-0.3, -0.25) is 9.69 Å². The first-order valence-electron chi connectivity index (χ1n) is 10.2. The van der Waals surface area contributed by atoms with Crippen LogP contribution in [0.3, 0.4) is 0 Å². The Morgan fingerprint density at radius 2 is 1.52 bits per heavy atom. The average molecular weight is 475 g/mol. The number of halogens is 6. The summed E-state index contributed by atoms with van der Waals surface area (Å²) >= 11 is 0. The van der Waals surface area contributed by atoms with E-state index in [9.17, 15) is 31.1 Å². The van der Waals surface area contributed by atoms with Gasteiger partial charge in [-0.2, -0.15) is 26.3 Å². The van der Waals surface area contributed by atoms with Gasteiger partial charge in [-0.1, -0.05) is 12.1 Å². The molecule has 1 aliphatic rings. The third-order valence-corrected chi connectivity index (χ3v) is 5.36. The molecular weight excluding hydrogens is 452 g/mol. The summed E-state index contributed by atoms with van der Waals surface area (Å²) < 4.78 is 83.2. The second-order valence-electron chi connectivity index (χ2n) is 7.55. The number of anilines is 1. The van der Waals surface area contributed by atoms with Gasteiger partial charge in [0.1, 0.15) is 5.75 Å². The van der Waals surface area contributed by atoms with Crippen LogP contribution >= 0.6 is 0 Å². The Morgan fingerprint density at radius 1 is 0.939 bits per heavy atom. The maximum atomic E-state index is 13.0.